The van der Waals surface area contributed by atoms with Gasteiger partial charge in [-0.1, -0.05) is 20.8 Å². The zero-order valence-electron chi connectivity index (χ0n) is 11.2. The van der Waals surface area contributed by atoms with Crippen molar-refractivity contribution in [3.63, 3.8) is 0 Å². The average Bonchev–Trinajstić information content (AvgIpc) is 2.59. The molecular formula is C13H25N3. The molecule has 0 saturated heterocycles. The lowest BCUT2D eigenvalue weighted by Gasteiger charge is -2.29. The van der Waals surface area contributed by atoms with Gasteiger partial charge in [-0.3, -0.25) is 4.68 Å². The number of aryl methyl sites for hydroxylation is 2. The molecule has 1 aromatic heterocycles. The maximum absolute atomic E-state index is 6.32. The van der Waals surface area contributed by atoms with E-state index in [1.165, 1.54) is 5.69 Å². The molecule has 2 N–H and O–H groups in total. The third kappa shape index (κ3) is 2.85. The summed E-state index contributed by atoms with van der Waals surface area (Å²) < 4.78 is 2.08. The summed E-state index contributed by atoms with van der Waals surface area (Å²) in [5.74, 6) is 0.470. The zero-order chi connectivity index (χ0) is 12.3. The summed E-state index contributed by atoms with van der Waals surface area (Å²) in [6.45, 7) is 11.6. The molecule has 3 heteroatoms. The van der Waals surface area contributed by atoms with Gasteiger partial charge < -0.3 is 5.73 Å². The molecule has 16 heavy (non-hydrogen) atoms. The van der Waals surface area contributed by atoms with E-state index in [0.29, 0.717) is 5.92 Å². The molecule has 1 heterocycles. The van der Waals surface area contributed by atoms with Gasteiger partial charge in [0.1, 0.15) is 0 Å². The van der Waals surface area contributed by atoms with Crippen LogP contribution in [0.1, 0.15) is 46.0 Å². The van der Waals surface area contributed by atoms with Crippen molar-refractivity contribution < 1.29 is 0 Å². The maximum Gasteiger partial charge on any atom is 0.0624 e. The molecule has 0 aliphatic rings. The first kappa shape index (κ1) is 13.2. The number of nitrogens with two attached hydrogens (primary N) is 1. The highest BCUT2D eigenvalue weighted by Crippen LogP contribution is 2.20. The second-order valence-corrected chi connectivity index (χ2v) is 5.13. The lowest BCUT2D eigenvalue weighted by Crippen LogP contribution is -2.44. The van der Waals surface area contributed by atoms with Crippen LogP contribution in [-0.2, 0) is 19.4 Å². The van der Waals surface area contributed by atoms with E-state index in [-0.39, 0.29) is 5.54 Å². The summed E-state index contributed by atoms with van der Waals surface area (Å²) >= 11 is 0. The van der Waals surface area contributed by atoms with Crippen molar-refractivity contribution in [2.45, 2.75) is 59.5 Å². The monoisotopic (exact) mass is 223 g/mol. The van der Waals surface area contributed by atoms with Crippen LogP contribution in [-0.4, -0.2) is 15.3 Å². The quantitative estimate of drug-likeness (QED) is 0.833. The molecule has 0 amide bonds. The third-order valence-electron chi connectivity index (χ3n) is 3.46. The molecule has 0 aromatic carbocycles. The van der Waals surface area contributed by atoms with Gasteiger partial charge in [0.2, 0.25) is 0 Å². The maximum atomic E-state index is 6.32. The molecule has 1 aromatic rings. The lowest BCUT2D eigenvalue weighted by molar-refractivity contribution is 0.329. The Morgan fingerprint density at radius 3 is 2.50 bits per heavy atom. The first-order valence-electron chi connectivity index (χ1n) is 6.25. The number of nitrogens with zero attached hydrogens (tertiary/aromatic N) is 2. The molecule has 0 radical (unpaired) electrons. The van der Waals surface area contributed by atoms with Crippen molar-refractivity contribution in [2.75, 3.05) is 0 Å². The smallest absolute Gasteiger partial charge is 0.0624 e. The molecule has 3 nitrogen and oxygen atoms in total. The van der Waals surface area contributed by atoms with E-state index in [9.17, 15) is 0 Å². The van der Waals surface area contributed by atoms with Crippen LogP contribution >= 0.6 is 0 Å². The van der Waals surface area contributed by atoms with Crippen molar-refractivity contribution in [3.8, 4) is 0 Å². The Labute approximate surface area is 99.0 Å². The van der Waals surface area contributed by atoms with Crippen LogP contribution in [0.25, 0.3) is 0 Å². The van der Waals surface area contributed by atoms with E-state index in [2.05, 4.69) is 50.5 Å². The third-order valence-corrected chi connectivity index (χ3v) is 3.46. The standard InChI is InChI=1S/C13H25N3/c1-6-11-8-12(16(7-2)15-11)9-13(5,14)10(3)4/h8,10H,6-7,9,14H2,1-5H3. The topological polar surface area (TPSA) is 43.8 Å². The van der Waals surface area contributed by atoms with Gasteiger partial charge in [0.25, 0.3) is 0 Å². The summed E-state index contributed by atoms with van der Waals surface area (Å²) in [4.78, 5) is 0. The minimum atomic E-state index is -0.155. The van der Waals surface area contributed by atoms with Crippen LogP contribution in [0.15, 0.2) is 6.07 Å². The van der Waals surface area contributed by atoms with Gasteiger partial charge in [-0.15, -0.1) is 0 Å². The Morgan fingerprint density at radius 2 is 2.06 bits per heavy atom. The summed E-state index contributed by atoms with van der Waals surface area (Å²) in [5.41, 5.74) is 8.60. The fourth-order valence-electron chi connectivity index (χ4n) is 1.70. The minimum Gasteiger partial charge on any atom is -0.325 e. The number of hydrogen-bond donors (Lipinski definition) is 1. The lowest BCUT2D eigenvalue weighted by atomic mass is 9.85. The van der Waals surface area contributed by atoms with Crippen LogP contribution in [0.2, 0.25) is 0 Å². The minimum absolute atomic E-state index is 0.155. The summed E-state index contributed by atoms with van der Waals surface area (Å²) in [6, 6.07) is 2.19. The van der Waals surface area contributed by atoms with Crippen LogP contribution in [0, 0.1) is 5.92 Å². The van der Waals surface area contributed by atoms with E-state index in [1.54, 1.807) is 0 Å². The molecule has 0 saturated carbocycles. The van der Waals surface area contributed by atoms with Gasteiger partial charge >= 0.3 is 0 Å². The molecule has 0 bridgehead atoms. The summed E-state index contributed by atoms with van der Waals surface area (Å²) in [5, 5.41) is 4.55. The second-order valence-electron chi connectivity index (χ2n) is 5.13. The number of hydrogen-bond acceptors (Lipinski definition) is 2. The fraction of sp³-hybridized carbons (Fsp3) is 0.769. The average molecular weight is 223 g/mol. The van der Waals surface area contributed by atoms with Crippen LogP contribution in [0.5, 0.6) is 0 Å². The number of aromatic nitrogens is 2. The fourth-order valence-corrected chi connectivity index (χ4v) is 1.70. The molecule has 1 atom stereocenters. The van der Waals surface area contributed by atoms with Gasteiger partial charge in [0.05, 0.1) is 5.69 Å². The van der Waals surface area contributed by atoms with E-state index < -0.39 is 0 Å². The Kier molecular flexibility index (Phi) is 4.14. The van der Waals surface area contributed by atoms with Crippen LogP contribution in [0.4, 0.5) is 0 Å². The van der Waals surface area contributed by atoms with E-state index >= 15 is 0 Å². The summed E-state index contributed by atoms with van der Waals surface area (Å²) in [7, 11) is 0. The highest BCUT2D eigenvalue weighted by molar-refractivity contribution is 5.13. The highest BCUT2D eigenvalue weighted by atomic mass is 15.3. The first-order chi connectivity index (χ1) is 7.40. The number of rotatable bonds is 5. The van der Waals surface area contributed by atoms with Crippen molar-refractivity contribution in [2.24, 2.45) is 11.7 Å². The Bertz CT molecular complexity index is 337. The van der Waals surface area contributed by atoms with Gasteiger partial charge in [0.15, 0.2) is 0 Å². The Balaban J connectivity index is 2.91. The van der Waals surface area contributed by atoms with Crippen molar-refractivity contribution in [1.82, 2.24) is 9.78 Å². The van der Waals surface area contributed by atoms with E-state index in [4.69, 9.17) is 5.73 Å². The molecular weight excluding hydrogens is 198 g/mol. The molecule has 1 unspecified atom stereocenters. The largest absolute Gasteiger partial charge is 0.325 e. The van der Waals surface area contributed by atoms with Gasteiger partial charge in [-0.25, -0.2) is 0 Å². The Morgan fingerprint density at radius 1 is 1.44 bits per heavy atom. The van der Waals surface area contributed by atoms with E-state index in [1.807, 2.05) is 0 Å². The normalized spacial score (nSPS) is 15.4. The molecule has 1 rings (SSSR count). The molecule has 0 aliphatic heterocycles. The molecule has 0 aliphatic carbocycles. The molecule has 92 valence electrons. The first-order valence-corrected chi connectivity index (χ1v) is 6.25. The highest BCUT2D eigenvalue weighted by Gasteiger charge is 2.25. The molecule has 0 fully saturated rings. The molecule has 0 spiro atoms. The van der Waals surface area contributed by atoms with E-state index in [0.717, 1.165) is 25.1 Å². The van der Waals surface area contributed by atoms with Crippen LogP contribution in [0.3, 0.4) is 0 Å². The second kappa shape index (κ2) is 5.00. The summed E-state index contributed by atoms with van der Waals surface area (Å²) in [6.07, 6.45) is 1.88. The van der Waals surface area contributed by atoms with Crippen molar-refractivity contribution in [3.05, 3.63) is 17.5 Å². The SMILES string of the molecule is CCc1cc(CC(C)(N)C(C)C)n(CC)n1. The van der Waals surface area contributed by atoms with Gasteiger partial charge in [0, 0.05) is 24.2 Å². The predicted octanol–water partition coefficient (Wildman–Crippen LogP) is 2.38. The zero-order valence-corrected chi connectivity index (χ0v) is 11.2. The van der Waals surface area contributed by atoms with Gasteiger partial charge in [-0.05, 0) is 32.3 Å². The van der Waals surface area contributed by atoms with Crippen LogP contribution < -0.4 is 5.73 Å². The Hall–Kier alpha value is -0.830. The predicted molar refractivity (Wildman–Crippen MR) is 68.4 cm³/mol. The van der Waals surface area contributed by atoms with Crippen molar-refractivity contribution in [1.29, 1.82) is 0 Å². The van der Waals surface area contributed by atoms with Gasteiger partial charge in [-0.2, -0.15) is 5.10 Å². The van der Waals surface area contributed by atoms with Crippen molar-refractivity contribution >= 4 is 0 Å².